The van der Waals surface area contributed by atoms with Crippen LogP contribution in [0.1, 0.15) is 29.8 Å². The molecule has 1 fully saturated rings. The zero-order valence-electron chi connectivity index (χ0n) is 12.0. The highest BCUT2D eigenvalue weighted by Gasteiger charge is 2.31. The molecule has 116 valence electrons. The molecule has 0 amide bonds. The van der Waals surface area contributed by atoms with Gasteiger partial charge >= 0.3 is 5.97 Å². The van der Waals surface area contributed by atoms with Crippen LogP contribution in [-0.4, -0.2) is 49.1 Å². The molecule has 0 bridgehead atoms. The first kappa shape index (κ1) is 15.9. The number of nitrogens with zero attached hydrogens (tertiary/aromatic N) is 1. The van der Waals surface area contributed by atoms with Gasteiger partial charge in [0.2, 0.25) is 10.0 Å². The van der Waals surface area contributed by atoms with E-state index in [1.54, 1.807) is 12.1 Å². The van der Waals surface area contributed by atoms with Gasteiger partial charge in [-0.3, -0.25) is 0 Å². The fourth-order valence-electron chi connectivity index (χ4n) is 2.45. The highest BCUT2D eigenvalue weighted by Crippen LogP contribution is 2.18. The minimum Gasteiger partial charge on any atom is -0.478 e. The number of sulfonamides is 1. The maximum atomic E-state index is 12.5. The van der Waals surface area contributed by atoms with Crippen LogP contribution in [0.25, 0.3) is 0 Å². The quantitative estimate of drug-likeness (QED) is 0.906. The summed E-state index contributed by atoms with van der Waals surface area (Å²) in [6.07, 6.45) is -0.289. The van der Waals surface area contributed by atoms with E-state index in [2.05, 4.69) is 0 Å². The SMILES string of the molecule is CC1CN(S(=O)(=O)Cc2cccc(C(=O)O)c2)CC(C)O1. The summed E-state index contributed by atoms with van der Waals surface area (Å²) in [5.41, 5.74) is 0.563. The van der Waals surface area contributed by atoms with Crippen molar-refractivity contribution in [1.29, 1.82) is 0 Å². The van der Waals surface area contributed by atoms with Crippen LogP contribution >= 0.6 is 0 Å². The number of hydrogen-bond acceptors (Lipinski definition) is 4. The van der Waals surface area contributed by atoms with E-state index in [1.165, 1.54) is 16.4 Å². The zero-order chi connectivity index (χ0) is 15.6. The third kappa shape index (κ3) is 4.03. The molecule has 1 aromatic carbocycles. The molecule has 0 aromatic heterocycles. The first-order chi connectivity index (χ1) is 9.78. The fraction of sp³-hybridized carbons (Fsp3) is 0.500. The van der Waals surface area contributed by atoms with E-state index < -0.39 is 16.0 Å². The summed E-state index contributed by atoms with van der Waals surface area (Å²) < 4.78 is 31.8. The monoisotopic (exact) mass is 313 g/mol. The Bertz CT molecular complexity index is 618. The Balaban J connectivity index is 2.17. The maximum absolute atomic E-state index is 12.5. The van der Waals surface area contributed by atoms with Gasteiger partial charge in [0, 0.05) is 13.1 Å². The Labute approximate surface area is 124 Å². The molecule has 0 spiro atoms. The van der Waals surface area contributed by atoms with Crippen LogP contribution in [0.4, 0.5) is 0 Å². The van der Waals surface area contributed by atoms with Crippen LogP contribution in [0, 0.1) is 0 Å². The van der Waals surface area contributed by atoms with Gasteiger partial charge in [-0.05, 0) is 31.5 Å². The predicted octanol–water partition coefficient (Wildman–Crippen LogP) is 1.32. The molecule has 2 unspecified atom stereocenters. The van der Waals surface area contributed by atoms with Crippen LogP contribution in [0.15, 0.2) is 24.3 Å². The van der Waals surface area contributed by atoms with Gasteiger partial charge in [0.05, 0.1) is 23.5 Å². The summed E-state index contributed by atoms with van der Waals surface area (Å²) in [7, 11) is -3.48. The predicted molar refractivity (Wildman–Crippen MR) is 77.6 cm³/mol. The number of hydrogen-bond donors (Lipinski definition) is 1. The van der Waals surface area contributed by atoms with E-state index >= 15 is 0 Å². The van der Waals surface area contributed by atoms with Crippen molar-refractivity contribution >= 4 is 16.0 Å². The molecule has 1 aliphatic heterocycles. The molecule has 2 atom stereocenters. The first-order valence-corrected chi connectivity index (χ1v) is 8.34. The van der Waals surface area contributed by atoms with Crippen molar-refractivity contribution in [2.75, 3.05) is 13.1 Å². The van der Waals surface area contributed by atoms with E-state index in [9.17, 15) is 13.2 Å². The van der Waals surface area contributed by atoms with E-state index in [-0.39, 0.29) is 23.5 Å². The number of benzene rings is 1. The number of aromatic carboxylic acids is 1. The summed E-state index contributed by atoms with van der Waals surface area (Å²) in [5, 5.41) is 8.95. The Morgan fingerprint density at radius 1 is 1.33 bits per heavy atom. The molecule has 6 nitrogen and oxygen atoms in total. The molecule has 2 rings (SSSR count). The van der Waals surface area contributed by atoms with Crippen LogP contribution in [0.2, 0.25) is 0 Å². The minimum atomic E-state index is -3.48. The Hall–Kier alpha value is -1.44. The molecule has 0 aliphatic carbocycles. The van der Waals surface area contributed by atoms with E-state index in [0.29, 0.717) is 18.7 Å². The number of carboxylic acids is 1. The summed E-state index contributed by atoms with van der Waals surface area (Å²) in [6.45, 7) is 4.32. The van der Waals surface area contributed by atoms with Gasteiger partial charge in [-0.2, -0.15) is 4.31 Å². The topological polar surface area (TPSA) is 83.9 Å². The lowest BCUT2D eigenvalue weighted by molar-refractivity contribution is -0.0441. The zero-order valence-corrected chi connectivity index (χ0v) is 12.8. The number of ether oxygens (including phenoxy) is 1. The average Bonchev–Trinajstić information content (AvgIpc) is 2.37. The second-order valence-corrected chi connectivity index (χ2v) is 7.30. The van der Waals surface area contributed by atoms with Crippen molar-refractivity contribution in [2.45, 2.75) is 31.8 Å². The van der Waals surface area contributed by atoms with Crippen molar-refractivity contribution < 1.29 is 23.1 Å². The summed E-state index contributed by atoms with van der Waals surface area (Å²) in [5.74, 6) is -1.27. The summed E-state index contributed by atoms with van der Waals surface area (Å²) in [6, 6.07) is 6.01. The van der Waals surface area contributed by atoms with Gasteiger partial charge in [-0.15, -0.1) is 0 Å². The molecule has 7 heteroatoms. The van der Waals surface area contributed by atoms with Crippen LogP contribution in [0.5, 0.6) is 0 Å². The lowest BCUT2D eigenvalue weighted by Crippen LogP contribution is -2.48. The lowest BCUT2D eigenvalue weighted by Gasteiger charge is -2.34. The van der Waals surface area contributed by atoms with Crippen molar-refractivity contribution in [2.24, 2.45) is 0 Å². The van der Waals surface area contributed by atoms with Crippen LogP contribution in [0.3, 0.4) is 0 Å². The van der Waals surface area contributed by atoms with Crippen molar-refractivity contribution in [3.05, 3.63) is 35.4 Å². The minimum absolute atomic E-state index is 0.0893. The number of carboxylic acid groups (broad SMARTS) is 1. The van der Waals surface area contributed by atoms with Gasteiger partial charge in [-0.25, -0.2) is 13.2 Å². The molecule has 1 aromatic rings. The molecule has 0 radical (unpaired) electrons. The van der Waals surface area contributed by atoms with Crippen molar-refractivity contribution in [3.63, 3.8) is 0 Å². The first-order valence-electron chi connectivity index (χ1n) is 6.73. The average molecular weight is 313 g/mol. The molecule has 21 heavy (non-hydrogen) atoms. The molecule has 1 aliphatic rings. The van der Waals surface area contributed by atoms with Crippen molar-refractivity contribution in [3.8, 4) is 0 Å². The van der Waals surface area contributed by atoms with Gasteiger partial charge in [0.25, 0.3) is 0 Å². The smallest absolute Gasteiger partial charge is 0.335 e. The van der Waals surface area contributed by atoms with Gasteiger partial charge in [-0.1, -0.05) is 12.1 Å². The van der Waals surface area contributed by atoms with E-state index in [1.807, 2.05) is 13.8 Å². The third-order valence-corrected chi connectivity index (χ3v) is 5.09. The molecule has 1 saturated heterocycles. The molecule has 1 heterocycles. The molecular formula is C14H19NO5S. The second kappa shape index (κ2) is 6.13. The largest absolute Gasteiger partial charge is 0.478 e. The number of rotatable bonds is 4. The molecular weight excluding hydrogens is 294 g/mol. The summed E-state index contributed by atoms with van der Waals surface area (Å²) in [4.78, 5) is 10.9. The standard InChI is InChI=1S/C14H19NO5S/c1-10-7-15(8-11(2)20-10)21(18,19)9-12-4-3-5-13(6-12)14(16)17/h3-6,10-11H,7-9H2,1-2H3,(H,16,17). The normalized spacial score (nSPS) is 23.9. The molecule has 1 N–H and O–H groups in total. The fourth-order valence-corrected chi connectivity index (χ4v) is 4.11. The van der Waals surface area contributed by atoms with Crippen LogP contribution in [-0.2, 0) is 20.5 Å². The second-order valence-electron chi connectivity index (χ2n) is 5.34. The Morgan fingerprint density at radius 3 is 2.52 bits per heavy atom. The maximum Gasteiger partial charge on any atom is 0.335 e. The lowest BCUT2D eigenvalue weighted by atomic mass is 10.1. The summed E-state index contributed by atoms with van der Waals surface area (Å²) >= 11 is 0. The highest BCUT2D eigenvalue weighted by molar-refractivity contribution is 7.88. The highest BCUT2D eigenvalue weighted by atomic mass is 32.2. The van der Waals surface area contributed by atoms with E-state index in [0.717, 1.165) is 0 Å². The Morgan fingerprint density at radius 2 is 1.95 bits per heavy atom. The van der Waals surface area contributed by atoms with Crippen LogP contribution < -0.4 is 0 Å². The molecule has 0 saturated carbocycles. The van der Waals surface area contributed by atoms with Gasteiger partial charge in [0.1, 0.15) is 0 Å². The Kier molecular flexibility index (Phi) is 4.65. The number of carbonyl (C=O) groups is 1. The van der Waals surface area contributed by atoms with E-state index in [4.69, 9.17) is 9.84 Å². The number of morpholine rings is 1. The third-order valence-electron chi connectivity index (χ3n) is 3.30. The van der Waals surface area contributed by atoms with Gasteiger partial charge < -0.3 is 9.84 Å². The van der Waals surface area contributed by atoms with Crippen molar-refractivity contribution in [1.82, 2.24) is 4.31 Å². The van der Waals surface area contributed by atoms with Gasteiger partial charge in [0.15, 0.2) is 0 Å².